The van der Waals surface area contributed by atoms with Crippen LogP contribution in [0.25, 0.3) is 11.3 Å². The second-order valence-corrected chi connectivity index (χ2v) is 4.67. The minimum Gasteiger partial charge on any atom is -0.291 e. The summed E-state index contributed by atoms with van der Waals surface area (Å²) in [6, 6.07) is 6.15. The number of rotatable bonds is 3. The van der Waals surface area contributed by atoms with Crippen molar-refractivity contribution in [3.63, 3.8) is 0 Å². The molecule has 1 aromatic heterocycles. The highest BCUT2D eigenvalue weighted by Crippen LogP contribution is 2.27. The summed E-state index contributed by atoms with van der Waals surface area (Å²) < 4.78 is 12.8. The Bertz CT molecular complexity index is 550. The van der Waals surface area contributed by atoms with Crippen LogP contribution in [0.15, 0.2) is 29.6 Å². The molecule has 1 amide bonds. The predicted molar refractivity (Wildman–Crippen MR) is 71.2 cm³/mol. The van der Waals surface area contributed by atoms with E-state index in [9.17, 15) is 9.18 Å². The fourth-order valence-electron chi connectivity index (χ4n) is 1.52. The van der Waals surface area contributed by atoms with E-state index in [0.29, 0.717) is 11.6 Å². The Morgan fingerprint density at radius 3 is 2.67 bits per heavy atom. The maximum Gasteiger partial charge on any atom is 0.228 e. The smallest absolute Gasteiger partial charge is 0.228 e. The van der Waals surface area contributed by atoms with Crippen LogP contribution in [0.2, 0.25) is 0 Å². The van der Waals surface area contributed by atoms with E-state index < -0.39 is 0 Å². The Balaban J connectivity index is 2.25. The second kappa shape index (κ2) is 5.27. The number of amides is 1. The minimum atomic E-state index is -0.271. The summed E-state index contributed by atoms with van der Waals surface area (Å²) in [5.74, 6) is -0.248. The number of thiazole rings is 1. The van der Waals surface area contributed by atoms with Crippen LogP contribution in [0.5, 0.6) is 0 Å². The van der Waals surface area contributed by atoms with Gasteiger partial charge in [-0.15, -0.1) is 11.3 Å². The molecule has 0 aliphatic carbocycles. The maximum atomic E-state index is 12.8. The van der Waals surface area contributed by atoms with Gasteiger partial charge in [0.05, 0.1) is 5.69 Å². The molecule has 1 aromatic carbocycles. The fraction of sp³-hybridized carbons (Fsp3) is 0.231. The molecule has 0 unspecified atom stereocenters. The first-order valence-electron chi connectivity index (χ1n) is 5.60. The average Bonchev–Trinajstić information content (AvgIpc) is 2.87. The van der Waals surface area contributed by atoms with E-state index in [1.165, 1.54) is 28.4 Å². The van der Waals surface area contributed by atoms with Gasteiger partial charge < -0.3 is 0 Å². The predicted octanol–water partition coefficient (Wildman–Crippen LogP) is 3.32. The van der Waals surface area contributed by atoms with E-state index in [1.807, 2.05) is 12.3 Å². The minimum absolute atomic E-state index is 0.0232. The Morgan fingerprint density at radius 2 is 2.06 bits per heavy atom. The van der Waals surface area contributed by atoms with Gasteiger partial charge in [-0.05, 0) is 24.3 Å². The first kappa shape index (κ1) is 12.7. The van der Waals surface area contributed by atoms with Crippen molar-refractivity contribution in [2.24, 2.45) is 0 Å². The number of carbonyl (C=O) groups excluding carboxylic acids is 1. The lowest BCUT2D eigenvalue weighted by Crippen LogP contribution is -2.24. The van der Waals surface area contributed by atoms with E-state index >= 15 is 0 Å². The summed E-state index contributed by atoms with van der Waals surface area (Å²) in [6.45, 7) is 1.81. The van der Waals surface area contributed by atoms with E-state index in [0.717, 1.165) is 11.3 Å². The number of halogens is 1. The van der Waals surface area contributed by atoms with Gasteiger partial charge in [-0.2, -0.15) is 0 Å². The highest BCUT2D eigenvalue weighted by molar-refractivity contribution is 7.14. The van der Waals surface area contributed by atoms with Crippen LogP contribution in [-0.2, 0) is 4.79 Å². The molecule has 2 aromatic rings. The largest absolute Gasteiger partial charge is 0.291 e. The molecule has 0 radical (unpaired) electrons. The summed E-state index contributed by atoms with van der Waals surface area (Å²) in [5, 5.41) is 2.52. The molecule has 0 aliphatic heterocycles. The van der Waals surface area contributed by atoms with Crippen LogP contribution in [0.3, 0.4) is 0 Å². The number of hydrogen-bond donors (Lipinski definition) is 0. The van der Waals surface area contributed by atoms with E-state index in [4.69, 9.17) is 0 Å². The van der Waals surface area contributed by atoms with E-state index in [2.05, 4.69) is 4.98 Å². The van der Waals surface area contributed by atoms with Gasteiger partial charge in [0.15, 0.2) is 5.13 Å². The Labute approximate surface area is 109 Å². The molecule has 0 fully saturated rings. The molecule has 0 saturated carbocycles. The highest BCUT2D eigenvalue weighted by atomic mass is 32.1. The molecule has 2 rings (SSSR count). The average molecular weight is 264 g/mol. The summed E-state index contributed by atoms with van der Waals surface area (Å²) in [7, 11) is 1.71. The van der Waals surface area contributed by atoms with Crippen molar-refractivity contribution in [2.75, 3.05) is 11.9 Å². The Morgan fingerprint density at radius 1 is 1.39 bits per heavy atom. The van der Waals surface area contributed by atoms with Crippen LogP contribution >= 0.6 is 11.3 Å². The molecule has 3 nitrogen and oxygen atoms in total. The zero-order valence-electron chi connectivity index (χ0n) is 10.2. The van der Waals surface area contributed by atoms with Gasteiger partial charge in [0, 0.05) is 24.4 Å². The standard InChI is InChI=1S/C13H13FN2OS/c1-3-12(17)16(2)13-15-11(8-18-13)9-4-6-10(14)7-5-9/h4-8H,3H2,1-2H3. The molecule has 0 saturated heterocycles. The van der Waals surface area contributed by atoms with Crippen LogP contribution in [-0.4, -0.2) is 17.9 Å². The topological polar surface area (TPSA) is 33.2 Å². The van der Waals surface area contributed by atoms with Crippen LogP contribution < -0.4 is 4.90 Å². The third-order valence-electron chi connectivity index (χ3n) is 2.60. The highest BCUT2D eigenvalue weighted by Gasteiger charge is 2.13. The van der Waals surface area contributed by atoms with Crippen LogP contribution in [0.4, 0.5) is 9.52 Å². The van der Waals surface area contributed by atoms with Crippen molar-refractivity contribution < 1.29 is 9.18 Å². The van der Waals surface area contributed by atoms with Crippen molar-refractivity contribution in [1.29, 1.82) is 0 Å². The molecular formula is C13H13FN2OS. The van der Waals surface area contributed by atoms with Crippen LogP contribution in [0.1, 0.15) is 13.3 Å². The summed E-state index contributed by atoms with van der Waals surface area (Å²) in [5.41, 5.74) is 1.60. The molecular weight excluding hydrogens is 251 g/mol. The molecule has 0 atom stereocenters. The van der Waals surface area contributed by atoms with Crippen molar-refractivity contribution in [3.05, 3.63) is 35.5 Å². The molecule has 18 heavy (non-hydrogen) atoms. The molecule has 94 valence electrons. The quantitative estimate of drug-likeness (QED) is 0.852. The SMILES string of the molecule is CCC(=O)N(C)c1nc(-c2ccc(F)cc2)cs1. The molecule has 0 spiro atoms. The van der Waals surface area contributed by atoms with Crippen LogP contribution in [0, 0.1) is 5.82 Å². The monoisotopic (exact) mass is 264 g/mol. The summed E-state index contributed by atoms with van der Waals surface area (Å²) in [4.78, 5) is 17.5. The van der Waals surface area contributed by atoms with Crippen molar-refractivity contribution in [2.45, 2.75) is 13.3 Å². The number of nitrogens with zero attached hydrogens (tertiary/aromatic N) is 2. The first-order chi connectivity index (χ1) is 8.61. The Kier molecular flexibility index (Phi) is 3.72. The molecule has 5 heteroatoms. The second-order valence-electron chi connectivity index (χ2n) is 3.83. The lowest BCUT2D eigenvalue weighted by atomic mass is 10.2. The van der Waals surface area contributed by atoms with Gasteiger partial charge >= 0.3 is 0 Å². The van der Waals surface area contributed by atoms with Gasteiger partial charge in [-0.1, -0.05) is 6.92 Å². The zero-order valence-corrected chi connectivity index (χ0v) is 11.0. The van der Waals surface area contributed by atoms with E-state index in [1.54, 1.807) is 19.2 Å². The zero-order chi connectivity index (χ0) is 13.1. The van der Waals surface area contributed by atoms with Gasteiger partial charge in [0.2, 0.25) is 5.91 Å². The van der Waals surface area contributed by atoms with Gasteiger partial charge in [-0.3, -0.25) is 9.69 Å². The molecule has 0 N–H and O–H groups in total. The third-order valence-corrected chi connectivity index (χ3v) is 3.51. The van der Waals surface area contributed by atoms with Crippen molar-refractivity contribution >= 4 is 22.4 Å². The fourth-order valence-corrected chi connectivity index (χ4v) is 2.33. The lowest BCUT2D eigenvalue weighted by Gasteiger charge is -2.11. The van der Waals surface area contributed by atoms with E-state index in [-0.39, 0.29) is 11.7 Å². The van der Waals surface area contributed by atoms with Gasteiger partial charge in [-0.25, -0.2) is 9.37 Å². The summed E-state index contributed by atoms with van der Waals surface area (Å²) >= 11 is 1.40. The molecule has 1 heterocycles. The molecule has 0 aliphatic rings. The number of benzene rings is 1. The van der Waals surface area contributed by atoms with Gasteiger partial charge in [0.1, 0.15) is 5.82 Å². The number of aromatic nitrogens is 1. The van der Waals surface area contributed by atoms with Gasteiger partial charge in [0.25, 0.3) is 0 Å². The lowest BCUT2D eigenvalue weighted by molar-refractivity contribution is -0.118. The van der Waals surface area contributed by atoms with Crippen molar-refractivity contribution in [3.8, 4) is 11.3 Å². The van der Waals surface area contributed by atoms with Crippen molar-refractivity contribution in [1.82, 2.24) is 4.98 Å². The number of carbonyl (C=O) groups is 1. The maximum absolute atomic E-state index is 12.8. The normalized spacial score (nSPS) is 10.4. The number of anilines is 1. The summed E-state index contributed by atoms with van der Waals surface area (Å²) in [6.07, 6.45) is 0.446. The molecule has 0 bridgehead atoms. The first-order valence-corrected chi connectivity index (χ1v) is 6.47. The Hall–Kier alpha value is -1.75. The number of hydrogen-bond acceptors (Lipinski definition) is 3. The third kappa shape index (κ3) is 2.56.